The second-order valence-corrected chi connectivity index (χ2v) is 5.03. The Morgan fingerprint density at radius 2 is 2.20 bits per heavy atom. The van der Waals surface area contributed by atoms with Crippen LogP contribution in [0.5, 0.6) is 0 Å². The quantitative estimate of drug-likeness (QED) is 0.706. The highest BCUT2D eigenvalue weighted by Crippen LogP contribution is 2.18. The summed E-state index contributed by atoms with van der Waals surface area (Å²) < 4.78 is 5.66. The van der Waals surface area contributed by atoms with Gasteiger partial charge in [-0.2, -0.15) is 0 Å². The molecule has 1 fully saturated rings. The maximum Gasteiger partial charge on any atom is 0.224 e. The molecule has 0 aromatic carbocycles. The number of rotatable bonds is 5. The zero-order valence-corrected chi connectivity index (χ0v) is 9.88. The van der Waals surface area contributed by atoms with Crippen molar-refractivity contribution in [2.75, 3.05) is 13.1 Å². The number of carbonyl (C=O) groups excluding carboxylic acids is 1. The Morgan fingerprint density at radius 1 is 1.53 bits per heavy atom. The molecule has 1 saturated heterocycles. The standard InChI is InChI=1S/C11H22N2O2/c1-8-4-5-9(15-8)6-13-7-11(2,3)10(12)14/h8-9,13H,4-7H2,1-3H3,(H2,12,14). The molecule has 0 aliphatic carbocycles. The van der Waals surface area contributed by atoms with Crippen LogP contribution in [0.4, 0.5) is 0 Å². The molecule has 1 amide bonds. The summed E-state index contributed by atoms with van der Waals surface area (Å²) in [6.07, 6.45) is 2.90. The molecule has 0 radical (unpaired) electrons. The van der Waals surface area contributed by atoms with Gasteiger partial charge in [-0.3, -0.25) is 4.79 Å². The molecule has 0 spiro atoms. The maximum atomic E-state index is 11.1. The van der Waals surface area contributed by atoms with Crippen molar-refractivity contribution in [3.05, 3.63) is 0 Å². The van der Waals surface area contributed by atoms with E-state index in [-0.39, 0.29) is 5.91 Å². The van der Waals surface area contributed by atoms with Crippen molar-refractivity contribution < 1.29 is 9.53 Å². The van der Waals surface area contributed by atoms with Crippen molar-refractivity contribution in [2.45, 2.75) is 45.8 Å². The largest absolute Gasteiger partial charge is 0.374 e. The van der Waals surface area contributed by atoms with Gasteiger partial charge in [-0.05, 0) is 33.6 Å². The SMILES string of the molecule is CC1CCC(CNCC(C)(C)C(N)=O)O1. The van der Waals surface area contributed by atoms with Crippen molar-refractivity contribution in [2.24, 2.45) is 11.1 Å². The van der Waals surface area contributed by atoms with E-state index in [1.807, 2.05) is 13.8 Å². The summed E-state index contributed by atoms with van der Waals surface area (Å²) in [5.74, 6) is -0.268. The number of nitrogens with one attached hydrogen (secondary N) is 1. The Morgan fingerprint density at radius 3 is 2.67 bits per heavy atom. The number of hydrogen-bond acceptors (Lipinski definition) is 3. The average molecular weight is 214 g/mol. The molecule has 1 rings (SSSR count). The van der Waals surface area contributed by atoms with Gasteiger partial charge in [0.2, 0.25) is 5.91 Å². The fourth-order valence-corrected chi connectivity index (χ4v) is 1.67. The van der Waals surface area contributed by atoms with Gasteiger partial charge in [0.25, 0.3) is 0 Å². The van der Waals surface area contributed by atoms with Gasteiger partial charge >= 0.3 is 0 Å². The summed E-state index contributed by atoms with van der Waals surface area (Å²) >= 11 is 0. The van der Waals surface area contributed by atoms with Crippen molar-refractivity contribution >= 4 is 5.91 Å². The van der Waals surface area contributed by atoms with Crippen LogP contribution in [0.15, 0.2) is 0 Å². The number of carbonyl (C=O) groups is 1. The maximum absolute atomic E-state index is 11.1. The second kappa shape index (κ2) is 4.94. The van der Waals surface area contributed by atoms with E-state index in [4.69, 9.17) is 10.5 Å². The summed E-state index contributed by atoms with van der Waals surface area (Å²) in [6.45, 7) is 7.20. The monoisotopic (exact) mass is 214 g/mol. The van der Waals surface area contributed by atoms with Gasteiger partial charge in [0.15, 0.2) is 0 Å². The molecule has 1 aliphatic rings. The lowest BCUT2D eigenvalue weighted by Gasteiger charge is -2.22. The van der Waals surface area contributed by atoms with Crippen molar-refractivity contribution in [3.63, 3.8) is 0 Å². The fourth-order valence-electron chi connectivity index (χ4n) is 1.67. The molecule has 15 heavy (non-hydrogen) atoms. The average Bonchev–Trinajstić information content (AvgIpc) is 2.51. The van der Waals surface area contributed by atoms with E-state index in [1.54, 1.807) is 0 Å². The summed E-state index contributed by atoms with van der Waals surface area (Å²) in [5, 5.41) is 3.24. The highest BCUT2D eigenvalue weighted by Gasteiger charge is 2.26. The van der Waals surface area contributed by atoms with Crippen molar-refractivity contribution in [3.8, 4) is 0 Å². The van der Waals surface area contributed by atoms with E-state index in [9.17, 15) is 4.79 Å². The Labute approximate surface area is 91.5 Å². The first-order valence-corrected chi connectivity index (χ1v) is 5.58. The molecule has 2 unspecified atom stereocenters. The third-order valence-electron chi connectivity index (χ3n) is 2.93. The van der Waals surface area contributed by atoms with Crippen molar-refractivity contribution in [1.29, 1.82) is 0 Å². The van der Waals surface area contributed by atoms with Gasteiger partial charge in [-0.1, -0.05) is 0 Å². The van der Waals surface area contributed by atoms with Crippen LogP contribution in [-0.4, -0.2) is 31.2 Å². The lowest BCUT2D eigenvalue weighted by atomic mass is 9.93. The van der Waals surface area contributed by atoms with E-state index < -0.39 is 5.41 Å². The molecule has 1 heterocycles. The van der Waals surface area contributed by atoms with Crippen molar-refractivity contribution in [1.82, 2.24) is 5.32 Å². The first-order chi connectivity index (χ1) is 6.92. The zero-order valence-electron chi connectivity index (χ0n) is 9.88. The Bertz CT molecular complexity index is 229. The smallest absolute Gasteiger partial charge is 0.224 e. The molecule has 88 valence electrons. The first kappa shape index (κ1) is 12.5. The minimum Gasteiger partial charge on any atom is -0.374 e. The summed E-state index contributed by atoms with van der Waals surface area (Å²) in [6, 6.07) is 0. The van der Waals surface area contributed by atoms with Crippen LogP contribution in [0.2, 0.25) is 0 Å². The van der Waals surface area contributed by atoms with Gasteiger partial charge in [0, 0.05) is 13.1 Å². The minimum atomic E-state index is -0.482. The van der Waals surface area contributed by atoms with Crippen LogP contribution in [0.3, 0.4) is 0 Å². The topological polar surface area (TPSA) is 64.3 Å². The molecule has 4 nitrogen and oxygen atoms in total. The number of ether oxygens (including phenoxy) is 1. The van der Waals surface area contributed by atoms with Crippen LogP contribution < -0.4 is 11.1 Å². The number of hydrogen-bond donors (Lipinski definition) is 2. The van der Waals surface area contributed by atoms with E-state index in [0.717, 1.165) is 19.4 Å². The minimum absolute atomic E-state index is 0.268. The van der Waals surface area contributed by atoms with Gasteiger partial charge in [0.1, 0.15) is 0 Å². The molecule has 1 aliphatic heterocycles. The third-order valence-corrected chi connectivity index (χ3v) is 2.93. The normalized spacial score (nSPS) is 26.9. The summed E-state index contributed by atoms with van der Waals surface area (Å²) in [7, 11) is 0. The molecular formula is C11H22N2O2. The summed E-state index contributed by atoms with van der Waals surface area (Å²) in [4.78, 5) is 11.1. The van der Waals surface area contributed by atoms with Gasteiger partial charge in [0.05, 0.1) is 17.6 Å². The second-order valence-electron chi connectivity index (χ2n) is 5.03. The van der Waals surface area contributed by atoms with Crippen LogP contribution in [0.25, 0.3) is 0 Å². The molecule has 0 aromatic heterocycles. The van der Waals surface area contributed by atoms with E-state index in [1.165, 1.54) is 0 Å². The molecule has 0 saturated carbocycles. The van der Waals surface area contributed by atoms with Crippen LogP contribution >= 0.6 is 0 Å². The fraction of sp³-hybridized carbons (Fsp3) is 0.909. The molecule has 2 atom stereocenters. The zero-order chi connectivity index (χ0) is 11.5. The predicted molar refractivity (Wildman–Crippen MR) is 59.4 cm³/mol. The first-order valence-electron chi connectivity index (χ1n) is 5.58. The van der Waals surface area contributed by atoms with Gasteiger partial charge < -0.3 is 15.8 Å². The van der Waals surface area contributed by atoms with Crippen LogP contribution in [-0.2, 0) is 9.53 Å². The van der Waals surface area contributed by atoms with Gasteiger partial charge in [-0.25, -0.2) is 0 Å². The lowest BCUT2D eigenvalue weighted by molar-refractivity contribution is -0.125. The highest BCUT2D eigenvalue weighted by atomic mass is 16.5. The van der Waals surface area contributed by atoms with E-state index in [0.29, 0.717) is 18.8 Å². The Balaban J connectivity index is 2.19. The predicted octanol–water partition coefficient (Wildman–Crippen LogP) is 0.655. The van der Waals surface area contributed by atoms with E-state index in [2.05, 4.69) is 12.2 Å². The number of amides is 1. The number of primary amides is 1. The lowest BCUT2D eigenvalue weighted by Crippen LogP contribution is -2.42. The van der Waals surface area contributed by atoms with E-state index >= 15 is 0 Å². The molecular weight excluding hydrogens is 192 g/mol. The highest BCUT2D eigenvalue weighted by molar-refractivity contribution is 5.80. The molecule has 4 heteroatoms. The third kappa shape index (κ3) is 3.80. The Kier molecular flexibility index (Phi) is 4.11. The molecule has 3 N–H and O–H groups in total. The van der Waals surface area contributed by atoms with Crippen LogP contribution in [0, 0.1) is 5.41 Å². The molecule has 0 bridgehead atoms. The Hall–Kier alpha value is -0.610. The molecule has 0 aromatic rings. The number of nitrogens with two attached hydrogens (primary N) is 1. The summed E-state index contributed by atoms with van der Waals surface area (Å²) in [5.41, 5.74) is 4.79. The van der Waals surface area contributed by atoms with Crippen LogP contribution in [0.1, 0.15) is 33.6 Å². The van der Waals surface area contributed by atoms with Gasteiger partial charge in [-0.15, -0.1) is 0 Å².